The molecule has 0 bridgehead atoms. The quantitative estimate of drug-likeness (QED) is 0.485. The van der Waals surface area contributed by atoms with Crippen molar-refractivity contribution in [2.45, 2.75) is 36.7 Å². The number of alkyl halides is 2. The van der Waals surface area contributed by atoms with Crippen molar-refractivity contribution in [1.82, 2.24) is 19.7 Å². The number of benzene rings is 1. The van der Waals surface area contributed by atoms with Gasteiger partial charge in [-0.15, -0.1) is 5.10 Å². The second-order valence-electron chi connectivity index (χ2n) is 8.45. The van der Waals surface area contributed by atoms with Crippen molar-refractivity contribution < 1.29 is 21.9 Å². The van der Waals surface area contributed by atoms with E-state index in [-0.39, 0.29) is 28.0 Å². The molecule has 4 rings (SSSR count). The molecule has 1 saturated heterocycles. The molecule has 0 saturated carbocycles. The van der Waals surface area contributed by atoms with Crippen molar-refractivity contribution in [3.63, 3.8) is 0 Å². The van der Waals surface area contributed by atoms with Gasteiger partial charge < -0.3 is 9.64 Å². The minimum atomic E-state index is -3.40. The summed E-state index contributed by atoms with van der Waals surface area (Å²) in [4.78, 5) is 22.7. The summed E-state index contributed by atoms with van der Waals surface area (Å²) in [5.41, 5.74) is -0.601. The highest BCUT2D eigenvalue weighted by Gasteiger charge is 2.27. The van der Waals surface area contributed by atoms with Crippen LogP contribution in [0.15, 0.2) is 52.4 Å². The van der Waals surface area contributed by atoms with Crippen LogP contribution in [-0.4, -0.2) is 53.6 Å². The monoisotopic (exact) mass is 516 g/mol. The number of ether oxygens (including phenoxy) is 1. The summed E-state index contributed by atoms with van der Waals surface area (Å²) in [5.74, 6) is -2.62. The Balaban J connectivity index is 1.45. The standard InChI is InChI=1S/C23H22F2N6O4S/c1-23(24,25)15-13-27-22(28-14-15)30-9-7-17(8-10-30)35-20-11-21(32)31(29-19(20)12-26)16-3-5-18(6-4-16)36(2,33)34/h3-6,11,13-14,17H,7-10H2,1-2H3. The molecule has 1 fully saturated rings. The summed E-state index contributed by atoms with van der Waals surface area (Å²) < 4.78 is 57.0. The van der Waals surface area contributed by atoms with Crippen LogP contribution in [0.25, 0.3) is 5.69 Å². The Morgan fingerprint density at radius 3 is 2.28 bits per heavy atom. The second kappa shape index (κ2) is 9.62. The summed E-state index contributed by atoms with van der Waals surface area (Å²) >= 11 is 0. The van der Waals surface area contributed by atoms with Crippen molar-refractivity contribution in [1.29, 1.82) is 5.26 Å². The van der Waals surface area contributed by atoms with E-state index in [0.29, 0.717) is 37.6 Å². The molecule has 1 aromatic carbocycles. The second-order valence-corrected chi connectivity index (χ2v) is 10.5. The highest BCUT2D eigenvalue weighted by molar-refractivity contribution is 7.90. The summed E-state index contributed by atoms with van der Waals surface area (Å²) in [6.45, 7) is 1.77. The van der Waals surface area contributed by atoms with E-state index in [2.05, 4.69) is 15.1 Å². The molecule has 0 unspecified atom stereocenters. The van der Waals surface area contributed by atoms with E-state index in [1.54, 1.807) is 0 Å². The molecule has 2 aromatic heterocycles. The van der Waals surface area contributed by atoms with Crippen LogP contribution in [0.4, 0.5) is 14.7 Å². The number of anilines is 1. The van der Waals surface area contributed by atoms with Crippen molar-refractivity contribution in [2.24, 2.45) is 0 Å². The average molecular weight is 517 g/mol. The van der Waals surface area contributed by atoms with Gasteiger partial charge in [-0.05, 0) is 24.3 Å². The molecule has 1 aliphatic rings. The molecule has 0 atom stereocenters. The van der Waals surface area contributed by atoms with Crippen molar-refractivity contribution in [2.75, 3.05) is 24.2 Å². The lowest BCUT2D eigenvalue weighted by Gasteiger charge is -2.32. The highest BCUT2D eigenvalue weighted by atomic mass is 32.2. The number of sulfone groups is 1. The molecule has 3 aromatic rings. The van der Waals surface area contributed by atoms with Gasteiger partial charge in [0.2, 0.25) is 11.6 Å². The van der Waals surface area contributed by atoms with Crippen molar-refractivity contribution in [3.05, 3.63) is 64.3 Å². The lowest BCUT2D eigenvalue weighted by molar-refractivity contribution is 0.0167. The molecule has 13 heteroatoms. The number of nitrogens with zero attached hydrogens (tertiary/aromatic N) is 6. The van der Waals surface area contributed by atoms with Gasteiger partial charge in [-0.3, -0.25) is 4.79 Å². The Morgan fingerprint density at radius 1 is 1.14 bits per heavy atom. The maximum absolute atomic E-state index is 13.4. The first-order chi connectivity index (χ1) is 17.0. The van der Waals surface area contributed by atoms with Crippen LogP contribution < -0.4 is 15.2 Å². The van der Waals surface area contributed by atoms with Crippen LogP contribution in [0.2, 0.25) is 0 Å². The maximum atomic E-state index is 13.4. The first-order valence-electron chi connectivity index (χ1n) is 10.9. The van der Waals surface area contributed by atoms with Crippen molar-refractivity contribution >= 4 is 15.8 Å². The number of halogens is 2. The Kier molecular flexibility index (Phi) is 6.73. The summed E-state index contributed by atoms with van der Waals surface area (Å²) in [5, 5.41) is 13.7. The van der Waals surface area contributed by atoms with Crippen LogP contribution >= 0.6 is 0 Å². The number of hydrogen-bond acceptors (Lipinski definition) is 9. The fourth-order valence-corrected chi connectivity index (χ4v) is 4.32. The van der Waals surface area contributed by atoms with E-state index in [9.17, 15) is 27.3 Å². The molecule has 0 radical (unpaired) electrons. The fraction of sp³-hybridized carbons (Fsp3) is 0.348. The lowest BCUT2D eigenvalue weighted by Crippen LogP contribution is -2.39. The van der Waals surface area contributed by atoms with Gasteiger partial charge in [-0.1, -0.05) is 0 Å². The summed E-state index contributed by atoms with van der Waals surface area (Å²) in [6.07, 6.45) is 4.04. The minimum Gasteiger partial charge on any atom is -0.487 e. The van der Waals surface area contributed by atoms with E-state index in [4.69, 9.17) is 4.74 Å². The Hall–Kier alpha value is -3.92. The average Bonchev–Trinajstić information content (AvgIpc) is 2.84. The number of nitriles is 1. The van der Waals surface area contributed by atoms with Crippen LogP contribution in [0, 0.1) is 11.3 Å². The van der Waals surface area contributed by atoms with Gasteiger partial charge in [0.05, 0.1) is 22.2 Å². The van der Waals surface area contributed by atoms with E-state index in [1.165, 1.54) is 30.3 Å². The van der Waals surface area contributed by atoms with Crippen LogP contribution in [-0.2, 0) is 15.8 Å². The van der Waals surface area contributed by atoms with Gasteiger partial charge in [0.25, 0.3) is 11.5 Å². The van der Waals surface area contributed by atoms with Gasteiger partial charge in [0.15, 0.2) is 15.6 Å². The first-order valence-corrected chi connectivity index (χ1v) is 12.8. The van der Waals surface area contributed by atoms with Gasteiger partial charge >= 0.3 is 0 Å². The SMILES string of the molecule is CC(F)(F)c1cnc(N2CCC(Oc3cc(=O)n(-c4ccc(S(C)(=O)=O)cc4)nc3C#N)CC2)nc1. The lowest BCUT2D eigenvalue weighted by atomic mass is 10.1. The molecule has 0 spiro atoms. The number of hydrogen-bond donors (Lipinski definition) is 0. The zero-order chi connectivity index (χ0) is 26.1. The predicted octanol–water partition coefficient (Wildman–Crippen LogP) is 2.46. The Bertz CT molecular complexity index is 1450. The van der Waals surface area contributed by atoms with Crippen LogP contribution in [0.3, 0.4) is 0 Å². The Labute approximate surface area is 205 Å². The Morgan fingerprint density at radius 2 is 1.75 bits per heavy atom. The highest BCUT2D eigenvalue weighted by Crippen LogP contribution is 2.27. The van der Waals surface area contributed by atoms with E-state index >= 15 is 0 Å². The third kappa shape index (κ3) is 5.49. The number of rotatable bonds is 6. The molecule has 0 N–H and O–H groups in total. The molecule has 3 heterocycles. The largest absolute Gasteiger partial charge is 0.487 e. The minimum absolute atomic E-state index is 0.0516. The molecule has 36 heavy (non-hydrogen) atoms. The van der Waals surface area contributed by atoms with E-state index in [1.807, 2.05) is 11.0 Å². The number of aromatic nitrogens is 4. The molecule has 10 nitrogen and oxygen atoms in total. The first kappa shape index (κ1) is 25.2. The van der Waals surface area contributed by atoms with Crippen molar-refractivity contribution in [3.8, 4) is 17.5 Å². The van der Waals surface area contributed by atoms with Gasteiger partial charge in [0.1, 0.15) is 12.2 Å². The molecule has 0 aliphatic carbocycles. The van der Waals surface area contributed by atoms with Crippen LogP contribution in [0.5, 0.6) is 5.75 Å². The van der Waals surface area contributed by atoms with E-state index in [0.717, 1.165) is 30.3 Å². The molecular formula is C23H22F2N6O4S. The molecular weight excluding hydrogens is 494 g/mol. The predicted molar refractivity (Wildman–Crippen MR) is 125 cm³/mol. The molecule has 0 amide bonds. The van der Waals surface area contributed by atoms with Gasteiger partial charge in [-0.25, -0.2) is 27.2 Å². The zero-order valence-electron chi connectivity index (χ0n) is 19.4. The topological polar surface area (TPSA) is 131 Å². The normalized spacial score (nSPS) is 14.9. The fourth-order valence-electron chi connectivity index (χ4n) is 3.69. The number of piperidine rings is 1. The molecule has 1 aliphatic heterocycles. The zero-order valence-corrected chi connectivity index (χ0v) is 20.2. The van der Waals surface area contributed by atoms with Gasteiger partial charge in [-0.2, -0.15) is 9.94 Å². The van der Waals surface area contributed by atoms with Crippen LogP contribution in [0.1, 0.15) is 31.0 Å². The maximum Gasteiger partial charge on any atom is 0.275 e. The smallest absolute Gasteiger partial charge is 0.275 e. The van der Waals surface area contributed by atoms with Gasteiger partial charge in [0, 0.05) is 51.5 Å². The molecule has 188 valence electrons. The summed E-state index contributed by atoms with van der Waals surface area (Å²) in [7, 11) is -3.40. The summed E-state index contributed by atoms with van der Waals surface area (Å²) in [6, 6.07) is 8.67. The van der Waals surface area contributed by atoms with E-state index < -0.39 is 21.3 Å². The third-order valence-corrected chi connectivity index (χ3v) is 6.80. The third-order valence-electron chi connectivity index (χ3n) is 5.68.